The summed E-state index contributed by atoms with van der Waals surface area (Å²) < 4.78 is 1.95. The summed E-state index contributed by atoms with van der Waals surface area (Å²) in [6.07, 6.45) is 10.7. The molecule has 0 bridgehead atoms. The minimum Gasteiger partial charge on any atom is -0.340 e. The number of nitrogens with zero attached hydrogens (tertiary/aromatic N) is 5. The molecule has 0 unspecified atom stereocenters. The van der Waals surface area contributed by atoms with Gasteiger partial charge in [0, 0.05) is 28.2 Å². The molecule has 0 fully saturated rings. The molecule has 5 aromatic rings. The highest BCUT2D eigenvalue weighted by molar-refractivity contribution is 5.92. The van der Waals surface area contributed by atoms with Crippen LogP contribution in [0.4, 0.5) is 11.5 Å². The van der Waals surface area contributed by atoms with Gasteiger partial charge in [0.05, 0.1) is 29.5 Å². The Kier molecular flexibility index (Phi) is 4.11. The van der Waals surface area contributed by atoms with Gasteiger partial charge >= 0.3 is 0 Å². The number of anilines is 2. The number of benzene rings is 2. The highest BCUT2D eigenvalue weighted by Gasteiger charge is 2.08. The predicted octanol–water partition coefficient (Wildman–Crippen LogP) is 4.15. The van der Waals surface area contributed by atoms with E-state index in [2.05, 4.69) is 37.4 Å². The van der Waals surface area contributed by atoms with Crippen molar-refractivity contribution in [3.8, 4) is 12.3 Å². The Morgan fingerprint density at radius 1 is 1.00 bits per heavy atom. The molecule has 3 heterocycles. The van der Waals surface area contributed by atoms with Crippen LogP contribution >= 0.6 is 0 Å². The molecule has 3 aromatic heterocycles. The van der Waals surface area contributed by atoms with E-state index in [1.54, 1.807) is 12.5 Å². The number of rotatable bonds is 4. The lowest BCUT2D eigenvalue weighted by Crippen LogP contribution is -2.02. The second-order valence-electron chi connectivity index (χ2n) is 6.62. The number of nitrogens with one attached hydrogen (secondary N) is 1. The number of hydrogen-bond donors (Lipinski definition) is 1. The maximum absolute atomic E-state index is 5.54. The smallest absolute Gasteiger partial charge is 0.141 e. The van der Waals surface area contributed by atoms with Crippen LogP contribution in [0.15, 0.2) is 73.3 Å². The SMILES string of the molecule is C#Cc1ccc2ncnc(Nc3ccc4c(cnn4Cc4ccccn4)c3)c2c1. The zero-order valence-electron chi connectivity index (χ0n) is 15.4. The molecule has 6 heteroatoms. The summed E-state index contributed by atoms with van der Waals surface area (Å²) in [5, 5.41) is 9.81. The first-order chi connectivity index (χ1) is 14.3. The van der Waals surface area contributed by atoms with E-state index in [-0.39, 0.29) is 0 Å². The summed E-state index contributed by atoms with van der Waals surface area (Å²) in [6, 6.07) is 17.7. The van der Waals surface area contributed by atoms with Gasteiger partial charge in [-0.15, -0.1) is 6.42 Å². The van der Waals surface area contributed by atoms with Crippen molar-refractivity contribution in [2.75, 3.05) is 5.32 Å². The standard InChI is InChI=1S/C23H16N6/c1-2-16-6-8-21-20(11-16)23(26-15-25-21)28-18-7-9-22-17(12-18)13-27-29(22)14-19-5-3-4-10-24-19/h1,3-13,15H,14H2,(H,25,26,28). The Bertz CT molecular complexity index is 1370. The van der Waals surface area contributed by atoms with Crippen LogP contribution in [0.3, 0.4) is 0 Å². The van der Waals surface area contributed by atoms with E-state index >= 15 is 0 Å². The number of aromatic nitrogens is 5. The van der Waals surface area contributed by atoms with Crippen LogP contribution < -0.4 is 5.32 Å². The van der Waals surface area contributed by atoms with Gasteiger partial charge in [-0.2, -0.15) is 5.10 Å². The number of terminal acetylenes is 1. The van der Waals surface area contributed by atoms with Crippen molar-refractivity contribution in [3.63, 3.8) is 0 Å². The van der Waals surface area contributed by atoms with Gasteiger partial charge in [-0.25, -0.2) is 9.97 Å². The Morgan fingerprint density at radius 3 is 2.83 bits per heavy atom. The van der Waals surface area contributed by atoms with Gasteiger partial charge in [0.15, 0.2) is 0 Å². The van der Waals surface area contributed by atoms with Crippen LogP contribution in [0.2, 0.25) is 0 Å². The summed E-state index contributed by atoms with van der Waals surface area (Å²) in [5.41, 5.74) is 4.56. The Hall–Kier alpha value is -4.24. The van der Waals surface area contributed by atoms with E-state index in [0.29, 0.717) is 12.4 Å². The molecule has 2 aromatic carbocycles. The molecular weight excluding hydrogens is 360 g/mol. The third kappa shape index (κ3) is 3.26. The minimum atomic E-state index is 0.628. The molecule has 0 aliphatic rings. The molecule has 0 saturated heterocycles. The summed E-state index contributed by atoms with van der Waals surface area (Å²) in [6.45, 7) is 0.628. The molecule has 0 spiro atoms. The lowest BCUT2D eigenvalue weighted by atomic mass is 10.1. The first-order valence-electron chi connectivity index (χ1n) is 9.14. The molecule has 0 atom stereocenters. The maximum atomic E-state index is 5.54. The molecule has 138 valence electrons. The minimum absolute atomic E-state index is 0.628. The van der Waals surface area contributed by atoms with Gasteiger partial charge in [-0.05, 0) is 48.5 Å². The van der Waals surface area contributed by atoms with E-state index in [1.807, 2.05) is 59.4 Å². The van der Waals surface area contributed by atoms with Crippen LogP contribution in [-0.4, -0.2) is 24.7 Å². The van der Waals surface area contributed by atoms with Crippen LogP contribution in [-0.2, 0) is 6.54 Å². The summed E-state index contributed by atoms with van der Waals surface area (Å²) in [7, 11) is 0. The van der Waals surface area contributed by atoms with Crippen LogP contribution in [0, 0.1) is 12.3 Å². The third-order valence-electron chi connectivity index (χ3n) is 4.74. The lowest BCUT2D eigenvalue weighted by Gasteiger charge is -2.09. The normalized spacial score (nSPS) is 10.9. The van der Waals surface area contributed by atoms with Crippen molar-refractivity contribution in [1.82, 2.24) is 24.7 Å². The fraction of sp³-hybridized carbons (Fsp3) is 0.0435. The van der Waals surface area contributed by atoms with Gasteiger partial charge in [0.2, 0.25) is 0 Å². The van der Waals surface area contributed by atoms with E-state index in [0.717, 1.165) is 38.8 Å². The van der Waals surface area contributed by atoms with Crippen LogP contribution in [0.25, 0.3) is 21.8 Å². The number of hydrogen-bond acceptors (Lipinski definition) is 5. The van der Waals surface area contributed by atoms with Crippen molar-refractivity contribution in [2.24, 2.45) is 0 Å². The zero-order chi connectivity index (χ0) is 19.6. The van der Waals surface area contributed by atoms with Crippen molar-refractivity contribution in [3.05, 3.63) is 84.6 Å². The van der Waals surface area contributed by atoms with Gasteiger partial charge in [0.1, 0.15) is 12.1 Å². The van der Waals surface area contributed by atoms with Crippen molar-refractivity contribution >= 4 is 33.3 Å². The highest BCUT2D eigenvalue weighted by atomic mass is 15.3. The molecule has 0 aliphatic carbocycles. The third-order valence-corrected chi connectivity index (χ3v) is 4.74. The molecule has 29 heavy (non-hydrogen) atoms. The van der Waals surface area contributed by atoms with Crippen molar-refractivity contribution in [1.29, 1.82) is 0 Å². The van der Waals surface area contributed by atoms with E-state index < -0.39 is 0 Å². The van der Waals surface area contributed by atoms with E-state index in [1.165, 1.54) is 0 Å². The summed E-state index contributed by atoms with van der Waals surface area (Å²) >= 11 is 0. The summed E-state index contributed by atoms with van der Waals surface area (Å²) in [5.74, 6) is 3.37. The Balaban J connectivity index is 1.48. The quantitative estimate of drug-likeness (QED) is 0.477. The second-order valence-corrected chi connectivity index (χ2v) is 6.62. The van der Waals surface area contributed by atoms with E-state index in [9.17, 15) is 0 Å². The molecule has 0 aliphatic heterocycles. The molecule has 1 N–H and O–H groups in total. The fourth-order valence-electron chi connectivity index (χ4n) is 3.32. The first-order valence-corrected chi connectivity index (χ1v) is 9.14. The Morgan fingerprint density at radius 2 is 1.97 bits per heavy atom. The predicted molar refractivity (Wildman–Crippen MR) is 114 cm³/mol. The van der Waals surface area contributed by atoms with Gasteiger partial charge in [0.25, 0.3) is 0 Å². The topological polar surface area (TPSA) is 68.5 Å². The highest BCUT2D eigenvalue weighted by Crippen LogP contribution is 2.26. The molecule has 5 rings (SSSR count). The largest absolute Gasteiger partial charge is 0.340 e. The van der Waals surface area contributed by atoms with Gasteiger partial charge in [-0.3, -0.25) is 9.67 Å². The molecule has 0 amide bonds. The monoisotopic (exact) mass is 376 g/mol. The first kappa shape index (κ1) is 16.9. The lowest BCUT2D eigenvalue weighted by molar-refractivity contribution is 0.696. The average molecular weight is 376 g/mol. The molecule has 6 nitrogen and oxygen atoms in total. The van der Waals surface area contributed by atoms with Crippen molar-refractivity contribution < 1.29 is 0 Å². The molecule has 0 radical (unpaired) electrons. The zero-order valence-corrected chi connectivity index (χ0v) is 15.4. The van der Waals surface area contributed by atoms with Gasteiger partial charge in [-0.1, -0.05) is 12.0 Å². The fourth-order valence-corrected chi connectivity index (χ4v) is 3.32. The Labute approximate surface area is 167 Å². The second kappa shape index (κ2) is 7.06. The number of pyridine rings is 1. The van der Waals surface area contributed by atoms with Gasteiger partial charge < -0.3 is 5.32 Å². The van der Waals surface area contributed by atoms with Crippen LogP contribution in [0.1, 0.15) is 11.3 Å². The summed E-state index contributed by atoms with van der Waals surface area (Å²) in [4.78, 5) is 13.1. The van der Waals surface area contributed by atoms with Crippen molar-refractivity contribution in [2.45, 2.75) is 6.54 Å². The van der Waals surface area contributed by atoms with Crippen LogP contribution in [0.5, 0.6) is 0 Å². The number of fused-ring (bicyclic) bond motifs is 2. The maximum Gasteiger partial charge on any atom is 0.141 e. The average Bonchev–Trinajstić information content (AvgIpc) is 3.16. The van der Waals surface area contributed by atoms with E-state index in [4.69, 9.17) is 6.42 Å². The molecule has 0 saturated carbocycles. The molecular formula is C23H16N6.